The van der Waals surface area contributed by atoms with Gasteiger partial charge in [0.15, 0.2) is 0 Å². The third-order valence-electron chi connectivity index (χ3n) is 3.78. The van der Waals surface area contributed by atoms with Crippen LogP contribution in [0.4, 0.5) is 5.69 Å². The molecule has 2 rings (SSSR count). The summed E-state index contributed by atoms with van der Waals surface area (Å²) in [6.45, 7) is 6.74. The minimum Gasteiger partial charge on any atom is -0.368 e. The molecule has 1 heterocycles. The van der Waals surface area contributed by atoms with Crippen molar-refractivity contribution in [2.45, 2.75) is 39.2 Å². The van der Waals surface area contributed by atoms with Gasteiger partial charge in [0.05, 0.1) is 0 Å². The molecule has 1 aromatic rings. The molecule has 1 saturated heterocycles. The molecule has 1 aliphatic heterocycles. The van der Waals surface area contributed by atoms with E-state index in [1.54, 1.807) is 0 Å². The average Bonchev–Trinajstić information content (AvgIpc) is 2.77. The highest BCUT2D eigenvalue weighted by Gasteiger charge is 2.25. The van der Waals surface area contributed by atoms with Crippen LogP contribution in [0.2, 0.25) is 0 Å². The zero-order chi connectivity index (χ0) is 12.3. The third kappa shape index (κ3) is 2.81. The Morgan fingerprint density at radius 3 is 2.94 bits per heavy atom. The molecule has 1 unspecified atom stereocenters. The molecular weight excluding hydrogens is 208 g/mol. The summed E-state index contributed by atoms with van der Waals surface area (Å²) >= 11 is 0. The Labute approximate surface area is 105 Å². The van der Waals surface area contributed by atoms with Gasteiger partial charge < -0.3 is 10.2 Å². The van der Waals surface area contributed by atoms with Crippen molar-refractivity contribution < 1.29 is 0 Å². The number of benzene rings is 1. The maximum absolute atomic E-state index is 3.27. The van der Waals surface area contributed by atoms with Crippen LogP contribution in [0.5, 0.6) is 0 Å². The second kappa shape index (κ2) is 5.54. The van der Waals surface area contributed by atoms with Gasteiger partial charge in [0, 0.05) is 18.3 Å². The molecule has 1 atom stereocenters. The van der Waals surface area contributed by atoms with Crippen molar-refractivity contribution in [3.8, 4) is 0 Å². The number of nitrogens with zero attached hydrogens (tertiary/aromatic N) is 1. The predicted octanol–water partition coefficient (Wildman–Crippen LogP) is 2.88. The SMILES string of the molecule is CNCCC1CCCN1c1cc(C)ccc1C. The topological polar surface area (TPSA) is 15.3 Å². The molecule has 17 heavy (non-hydrogen) atoms. The van der Waals surface area contributed by atoms with E-state index in [0.29, 0.717) is 0 Å². The molecule has 0 saturated carbocycles. The van der Waals surface area contributed by atoms with E-state index < -0.39 is 0 Å². The number of hydrogen-bond donors (Lipinski definition) is 1. The summed E-state index contributed by atoms with van der Waals surface area (Å²) < 4.78 is 0. The van der Waals surface area contributed by atoms with Crippen LogP contribution in [0.15, 0.2) is 18.2 Å². The molecule has 94 valence electrons. The van der Waals surface area contributed by atoms with Crippen LogP contribution in [0, 0.1) is 13.8 Å². The lowest BCUT2D eigenvalue weighted by molar-refractivity contribution is 0.584. The molecule has 2 heteroatoms. The van der Waals surface area contributed by atoms with Crippen LogP contribution in [-0.4, -0.2) is 26.2 Å². The zero-order valence-electron chi connectivity index (χ0n) is 11.3. The summed E-state index contributed by atoms with van der Waals surface area (Å²) in [5.74, 6) is 0. The Hall–Kier alpha value is -1.02. The van der Waals surface area contributed by atoms with Crippen LogP contribution in [-0.2, 0) is 0 Å². The Morgan fingerprint density at radius 1 is 1.35 bits per heavy atom. The molecule has 0 spiro atoms. The Bertz CT molecular complexity index is 373. The maximum atomic E-state index is 3.27. The van der Waals surface area contributed by atoms with Crippen molar-refractivity contribution >= 4 is 5.69 Å². The Morgan fingerprint density at radius 2 is 2.18 bits per heavy atom. The maximum Gasteiger partial charge on any atom is 0.0401 e. The van der Waals surface area contributed by atoms with Crippen LogP contribution in [0.25, 0.3) is 0 Å². The second-order valence-electron chi connectivity index (χ2n) is 5.17. The summed E-state index contributed by atoms with van der Waals surface area (Å²) in [5.41, 5.74) is 4.22. The first-order valence-electron chi connectivity index (χ1n) is 6.71. The van der Waals surface area contributed by atoms with Crippen molar-refractivity contribution in [2.75, 3.05) is 25.0 Å². The highest BCUT2D eigenvalue weighted by atomic mass is 15.2. The number of rotatable bonds is 4. The minimum absolute atomic E-state index is 0.725. The third-order valence-corrected chi connectivity index (χ3v) is 3.78. The standard InChI is InChI=1S/C15H24N2/c1-12-6-7-13(2)15(11-12)17-10-4-5-14(17)8-9-16-3/h6-7,11,14,16H,4-5,8-10H2,1-3H3. The fourth-order valence-electron chi connectivity index (χ4n) is 2.79. The summed E-state index contributed by atoms with van der Waals surface area (Å²) in [7, 11) is 2.04. The summed E-state index contributed by atoms with van der Waals surface area (Å²) in [5, 5.41) is 3.27. The van der Waals surface area contributed by atoms with Gasteiger partial charge >= 0.3 is 0 Å². The molecule has 0 aromatic heterocycles. The first-order chi connectivity index (χ1) is 8.22. The van der Waals surface area contributed by atoms with E-state index >= 15 is 0 Å². The lowest BCUT2D eigenvalue weighted by atomic mass is 10.1. The Balaban J connectivity index is 2.16. The number of nitrogens with one attached hydrogen (secondary N) is 1. The summed E-state index contributed by atoms with van der Waals surface area (Å²) in [4.78, 5) is 2.61. The molecule has 1 aromatic carbocycles. The minimum atomic E-state index is 0.725. The fourth-order valence-corrected chi connectivity index (χ4v) is 2.79. The van der Waals surface area contributed by atoms with E-state index in [1.807, 2.05) is 7.05 Å². The number of aryl methyl sites for hydroxylation is 2. The fraction of sp³-hybridized carbons (Fsp3) is 0.600. The van der Waals surface area contributed by atoms with E-state index in [1.165, 1.54) is 42.6 Å². The zero-order valence-corrected chi connectivity index (χ0v) is 11.3. The van der Waals surface area contributed by atoms with Gasteiger partial charge in [-0.05, 0) is 63.9 Å². The van der Waals surface area contributed by atoms with Gasteiger partial charge in [-0.2, -0.15) is 0 Å². The van der Waals surface area contributed by atoms with Crippen molar-refractivity contribution in [1.29, 1.82) is 0 Å². The van der Waals surface area contributed by atoms with Crippen LogP contribution >= 0.6 is 0 Å². The first-order valence-corrected chi connectivity index (χ1v) is 6.71. The molecular formula is C15H24N2. The van der Waals surface area contributed by atoms with Gasteiger partial charge in [0.2, 0.25) is 0 Å². The van der Waals surface area contributed by atoms with E-state index in [2.05, 4.69) is 42.3 Å². The van der Waals surface area contributed by atoms with E-state index in [-0.39, 0.29) is 0 Å². The highest BCUT2D eigenvalue weighted by molar-refractivity contribution is 5.56. The Kier molecular flexibility index (Phi) is 4.06. The molecule has 0 radical (unpaired) electrons. The van der Waals surface area contributed by atoms with E-state index in [4.69, 9.17) is 0 Å². The summed E-state index contributed by atoms with van der Waals surface area (Å²) in [6, 6.07) is 7.52. The molecule has 2 nitrogen and oxygen atoms in total. The van der Waals surface area contributed by atoms with Crippen molar-refractivity contribution in [3.05, 3.63) is 29.3 Å². The average molecular weight is 232 g/mol. The molecule has 0 aliphatic carbocycles. The molecule has 1 N–H and O–H groups in total. The van der Waals surface area contributed by atoms with Crippen LogP contribution in [0.3, 0.4) is 0 Å². The van der Waals surface area contributed by atoms with Crippen molar-refractivity contribution in [3.63, 3.8) is 0 Å². The van der Waals surface area contributed by atoms with Gasteiger partial charge in [0.1, 0.15) is 0 Å². The quantitative estimate of drug-likeness (QED) is 0.858. The van der Waals surface area contributed by atoms with Gasteiger partial charge in [-0.3, -0.25) is 0 Å². The van der Waals surface area contributed by atoms with Crippen LogP contribution < -0.4 is 10.2 Å². The number of hydrogen-bond acceptors (Lipinski definition) is 2. The molecule has 0 bridgehead atoms. The lowest BCUT2D eigenvalue weighted by Gasteiger charge is -2.28. The van der Waals surface area contributed by atoms with Gasteiger partial charge in [-0.25, -0.2) is 0 Å². The largest absolute Gasteiger partial charge is 0.368 e. The smallest absolute Gasteiger partial charge is 0.0401 e. The lowest BCUT2D eigenvalue weighted by Crippen LogP contribution is -2.32. The van der Waals surface area contributed by atoms with Crippen molar-refractivity contribution in [2.24, 2.45) is 0 Å². The van der Waals surface area contributed by atoms with E-state index in [0.717, 1.165) is 12.6 Å². The van der Waals surface area contributed by atoms with Crippen molar-refractivity contribution in [1.82, 2.24) is 5.32 Å². The monoisotopic (exact) mass is 232 g/mol. The molecule has 0 amide bonds. The summed E-state index contributed by atoms with van der Waals surface area (Å²) in [6.07, 6.45) is 3.93. The second-order valence-corrected chi connectivity index (χ2v) is 5.17. The normalized spacial score (nSPS) is 19.9. The van der Waals surface area contributed by atoms with E-state index in [9.17, 15) is 0 Å². The van der Waals surface area contributed by atoms with Gasteiger partial charge in [-0.1, -0.05) is 12.1 Å². The highest BCUT2D eigenvalue weighted by Crippen LogP contribution is 2.30. The van der Waals surface area contributed by atoms with Crippen LogP contribution in [0.1, 0.15) is 30.4 Å². The molecule has 1 aliphatic rings. The number of anilines is 1. The molecule has 1 fully saturated rings. The predicted molar refractivity (Wildman–Crippen MR) is 74.8 cm³/mol. The van der Waals surface area contributed by atoms with Gasteiger partial charge in [0.25, 0.3) is 0 Å². The van der Waals surface area contributed by atoms with Gasteiger partial charge in [-0.15, -0.1) is 0 Å². The first kappa shape index (κ1) is 12.4.